The van der Waals surface area contributed by atoms with E-state index in [1.54, 1.807) is 30.3 Å². The highest BCUT2D eigenvalue weighted by atomic mass is 19.4. The van der Waals surface area contributed by atoms with Crippen LogP contribution in [0.25, 0.3) is 6.08 Å². The lowest BCUT2D eigenvalue weighted by atomic mass is 10.1. The smallest absolute Gasteiger partial charge is 0.416 e. The van der Waals surface area contributed by atoms with Crippen LogP contribution in [0, 0.1) is 11.3 Å². The Morgan fingerprint density at radius 3 is 2.37 bits per heavy atom. The molecule has 0 bridgehead atoms. The van der Waals surface area contributed by atoms with Crippen molar-refractivity contribution >= 4 is 12.0 Å². The summed E-state index contributed by atoms with van der Waals surface area (Å²) in [5.41, 5.74) is 0.805. The zero-order valence-electron chi connectivity index (χ0n) is 14.3. The first-order valence-electron chi connectivity index (χ1n) is 8.10. The number of hydrogen-bond donors (Lipinski definition) is 1. The lowest BCUT2D eigenvalue weighted by Crippen LogP contribution is -2.23. The van der Waals surface area contributed by atoms with Crippen LogP contribution in [0.4, 0.5) is 13.2 Å². The zero-order chi connectivity index (χ0) is 19.7. The molecule has 140 valence electrons. The van der Waals surface area contributed by atoms with Gasteiger partial charge < -0.3 is 10.1 Å². The van der Waals surface area contributed by atoms with Crippen LogP contribution in [0.15, 0.2) is 54.6 Å². The molecule has 4 nitrogen and oxygen atoms in total. The topological polar surface area (TPSA) is 62.1 Å². The van der Waals surface area contributed by atoms with Crippen molar-refractivity contribution in [2.75, 3.05) is 13.2 Å². The summed E-state index contributed by atoms with van der Waals surface area (Å²) in [4.78, 5) is 11.8. The Kier molecular flexibility index (Phi) is 7.00. The van der Waals surface area contributed by atoms with Crippen LogP contribution in [0.2, 0.25) is 0 Å². The monoisotopic (exact) mass is 374 g/mol. The molecule has 0 aliphatic carbocycles. The van der Waals surface area contributed by atoms with Crippen LogP contribution in [-0.4, -0.2) is 19.1 Å². The Morgan fingerprint density at radius 1 is 1.11 bits per heavy atom. The van der Waals surface area contributed by atoms with Gasteiger partial charge in [-0.25, -0.2) is 0 Å². The lowest BCUT2D eigenvalue weighted by molar-refractivity contribution is -0.137. The van der Waals surface area contributed by atoms with Gasteiger partial charge in [-0.1, -0.05) is 24.3 Å². The molecule has 27 heavy (non-hydrogen) atoms. The van der Waals surface area contributed by atoms with Gasteiger partial charge >= 0.3 is 6.18 Å². The molecular weight excluding hydrogens is 357 g/mol. The highest BCUT2D eigenvalue weighted by Gasteiger charge is 2.29. The van der Waals surface area contributed by atoms with Gasteiger partial charge in [0.25, 0.3) is 0 Å². The first kappa shape index (κ1) is 20.0. The molecule has 0 saturated carbocycles. The van der Waals surface area contributed by atoms with Crippen LogP contribution in [0.3, 0.4) is 0 Å². The van der Waals surface area contributed by atoms with Crippen molar-refractivity contribution in [1.82, 2.24) is 5.32 Å². The molecule has 0 aromatic heterocycles. The van der Waals surface area contributed by atoms with Gasteiger partial charge in [0, 0.05) is 12.6 Å². The molecule has 2 aromatic carbocycles. The maximum Gasteiger partial charge on any atom is 0.416 e. The number of nitrogens with zero attached hydrogens (tertiary/aromatic N) is 1. The number of nitriles is 1. The van der Waals surface area contributed by atoms with Crippen molar-refractivity contribution in [3.8, 4) is 11.8 Å². The fourth-order valence-electron chi connectivity index (χ4n) is 2.21. The average molecular weight is 374 g/mol. The average Bonchev–Trinajstić information content (AvgIpc) is 2.65. The second-order valence-electron chi connectivity index (χ2n) is 5.58. The summed E-state index contributed by atoms with van der Waals surface area (Å²) >= 11 is 0. The van der Waals surface area contributed by atoms with E-state index in [9.17, 15) is 18.0 Å². The predicted octanol–water partition coefficient (Wildman–Crippen LogP) is 3.98. The van der Waals surface area contributed by atoms with E-state index in [4.69, 9.17) is 10.00 Å². The molecule has 0 aliphatic rings. The van der Waals surface area contributed by atoms with Crippen LogP contribution in [0.5, 0.6) is 5.75 Å². The number of carbonyl (C=O) groups is 1. The van der Waals surface area contributed by atoms with E-state index in [0.717, 1.165) is 17.7 Å². The Balaban J connectivity index is 1.77. The summed E-state index contributed by atoms with van der Waals surface area (Å²) in [6.07, 6.45) is -0.917. The summed E-state index contributed by atoms with van der Waals surface area (Å²) < 4.78 is 42.6. The van der Waals surface area contributed by atoms with Crippen LogP contribution >= 0.6 is 0 Å². The highest BCUT2D eigenvalue weighted by molar-refractivity contribution is 5.91. The minimum Gasteiger partial charge on any atom is -0.479 e. The second-order valence-corrected chi connectivity index (χ2v) is 5.58. The summed E-state index contributed by atoms with van der Waals surface area (Å²) in [6, 6.07) is 13.6. The lowest BCUT2D eigenvalue weighted by Gasteiger charge is -2.07. The van der Waals surface area contributed by atoms with Crippen molar-refractivity contribution < 1.29 is 22.7 Å². The van der Waals surface area contributed by atoms with E-state index in [2.05, 4.69) is 5.32 Å². The molecule has 0 saturated heterocycles. The standard InChI is InChI=1S/C20H17F3N2O2/c21-20(22,23)17-6-1-16(2-7-17)11-13-25-19(26)10-5-15-3-8-18(9-4-15)27-14-12-24/h1-10H,11,13-14H2,(H,25,26)/b10-5+. The first-order valence-corrected chi connectivity index (χ1v) is 8.10. The molecule has 0 atom stereocenters. The molecule has 0 heterocycles. The van der Waals surface area contributed by atoms with E-state index < -0.39 is 11.7 Å². The minimum atomic E-state index is -4.35. The summed E-state index contributed by atoms with van der Waals surface area (Å²) in [5, 5.41) is 11.1. The maximum absolute atomic E-state index is 12.5. The van der Waals surface area contributed by atoms with Crippen molar-refractivity contribution in [3.63, 3.8) is 0 Å². The summed E-state index contributed by atoms with van der Waals surface area (Å²) in [6.45, 7) is 0.284. The zero-order valence-corrected chi connectivity index (χ0v) is 14.3. The van der Waals surface area contributed by atoms with E-state index in [1.165, 1.54) is 18.2 Å². The van der Waals surface area contributed by atoms with Gasteiger partial charge in [-0.3, -0.25) is 4.79 Å². The number of carbonyl (C=O) groups excluding carboxylic acids is 1. The van der Waals surface area contributed by atoms with E-state index in [-0.39, 0.29) is 12.5 Å². The molecular formula is C20H17F3N2O2. The van der Waals surface area contributed by atoms with Gasteiger partial charge in [0.1, 0.15) is 11.8 Å². The molecule has 1 amide bonds. The highest BCUT2D eigenvalue weighted by Crippen LogP contribution is 2.29. The molecule has 0 aliphatic heterocycles. The van der Waals surface area contributed by atoms with Gasteiger partial charge in [-0.05, 0) is 47.9 Å². The van der Waals surface area contributed by atoms with Crippen LogP contribution in [-0.2, 0) is 17.4 Å². The third-order valence-electron chi connectivity index (χ3n) is 3.60. The number of alkyl halides is 3. The van der Waals surface area contributed by atoms with Crippen molar-refractivity contribution in [2.24, 2.45) is 0 Å². The molecule has 1 N–H and O–H groups in total. The largest absolute Gasteiger partial charge is 0.479 e. The molecule has 7 heteroatoms. The van der Waals surface area contributed by atoms with Gasteiger partial charge in [-0.15, -0.1) is 0 Å². The fraction of sp³-hybridized carbons (Fsp3) is 0.200. The third kappa shape index (κ3) is 6.86. The second kappa shape index (κ2) is 9.43. The molecule has 2 rings (SSSR count). The number of halogens is 3. The van der Waals surface area contributed by atoms with Crippen LogP contribution in [0.1, 0.15) is 16.7 Å². The van der Waals surface area contributed by atoms with Gasteiger partial charge in [0.05, 0.1) is 5.56 Å². The third-order valence-corrected chi connectivity index (χ3v) is 3.60. The Morgan fingerprint density at radius 2 is 1.78 bits per heavy atom. The van der Waals surface area contributed by atoms with E-state index in [0.29, 0.717) is 24.3 Å². The number of nitrogens with one attached hydrogen (secondary N) is 1. The number of amides is 1. The minimum absolute atomic E-state index is 0.0312. The molecule has 0 fully saturated rings. The van der Waals surface area contributed by atoms with Gasteiger partial charge in [0.2, 0.25) is 5.91 Å². The predicted molar refractivity (Wildman–Crippen MR) is 94.7 cm³/mol. The van der Waals surface area contributed by atoms with E-state index in [1.807, 2.05) is 6.07 Å². The normalized spacial score (nSPS) is 11.2. The molecule has 0 spiro atoms. The Labute approximate surface area is 154 Å². The Hall–Kier alpha value is -3.27. The summed E-state index contributed by atoms with van der Waals surface area (Å²) in [5.74, 6) is 0.265. The van der Waals surface area contributed by atoms with Crippen molar-refractivity contribution in [3.05, 3.63) is 71.3 Å². The molecule has 0 unspecified atom stereocenters. The van der Waals surface area contributed by atoms with E-state index >= 15 is 0 Å². The number of benzene rings is 2. The van der Waals surface area contributed by atoms with Crippen molar-refractivity contribution in [2.45, 2.75) is 12.6 Å². The number of hydrogen-bond acceptors (Lipinski definition) is 3. The quantitative estimate of drug-likeness (QED) is 0.746. The molecule has 2 aromatic rings. The van der Waals surface area contributed by atoms with Gasteiger partial charge in [-0.2, -0.15) is 18.4 Å². The SMILES string of the molecule is N#CCOc1ccc(/C=C/C(=O)NCCc2ccc(C(F)(F)F)cc2)cc1. The van der Waals surface area contributed by atoms with Crippen molar-refractivity contribution in [1.29, 1.82) is 5.26 Å². The van der Waals surface area contributed by atoms with Crippen LogP contribution < -0.4 is 10.1 Å². The fourth-order valence-corrected chi connectivity index (χ4v) is 2.21. The molecule has 0 radical (unpaired) electrons. The first-order chi connectivity index (χ1) is 12.9. The Bertz CT molecular complexity index is 820. The number of ether oxygens (including phenoxy) is 1. The van der Waals surface area contributed by atoms with Gasteiger partial charge in [0.15, 0.2) is 6.61 Å². The maximum atomic E-state index is 12.5. The summed E-state index contributed by atoms with van der Waals surface area (Å²) in [7, 11) is 0. The number of rotatable bonds is 7.